The molecule has 1 N–H and O–H groups in total. The van der Waals surface area contributed by atoms with Crippen LogP contribution in [0.5, 0.6) is 0 Å². The Bertz CT molecular complexity index is 882. The fourth-order valence-electron chi connectivity index (χ4n) is 2.93. The molecule has 0 amide bonds. The summed E-state index contributed by atoms with van der Waals surface area (Å²) in [7, 11) is 0. The number of pyridine rings is 1. The third-order valence-corrected chi connectivity index (χ3v) is 4.47. The van der Waals surface area contributed by atoms with Gasteiger partial charge in [0.15, 0.2) is 0 Å². The van der Waals surface area contributed by atoms with E-state index in [1.54, 1.807) is 0 Å². The van der Waals surface area contributed by atoms with Crippen molar-refractivity contribution in [3.63, 3.8) is 0 Å². The van der Waals surface area contributed by atoms with Crippen molar-refractivity contribution < 1.29 is 0 Å². The average molecular weight is 301 g/mol. The molecule has 0 fully saturated rings. The van der Waals surface area contributed by atoms with Crippen LogP contribution in [0.4, 0.5) is 5.82 Å². The maximum Gasteiger partial charge on any atom is 0.133 e. The third kappa shape index (κ3) is 2.64. The molecule has 0 saturated heterocycles. The minimum absolute atomic E-state index is 0.658. The highest BCUT2D eigenvalue weighted by atomic mass is 15.0. The van der Waals surface area contributed by atoms with Gasteiger partial charge in [-0.15, -0.1) is 0 Å². The Labute approximate surface area is 137 Å². The lowest BCUT2D eigenvalue weighted by Crippen LogP contribution is -2.08. The molecule has 23 heavy (non-hydrogen) atoms. The van der Waals surface area contributed by atoms with E-state index >= 15 is 0 Å². The first kappa shape index (κ1) is 15.1. The number of nitrogens with zero attached hydrogens (tertiary/aromatic N) is 2. The van der Waals surface area contributed by atoms with Gasteiger partial charge in [0.1, 0.15) is 11.9 Å². The van der Waals surface area contributed by atoms with Gasteiger partial charge in [0, 0.05) is 12.1 Å². The van der Waals surface area contributed by atoms with E-state index in [0.29, 0.717) is 5.56 Å². The van der Waals surface area contributed by atoms with Gasteiger partial charge in [-0.3, -0.25) is 0 Å². The Kier molecular flexibility index (Phi) is 3.75. The smallest absolute Gasteiger partial charge is 0.133 e. The van der Waals surface area contributed by atoms with Crippen LogP contribution >= 0.6 is 0 Å². The van der Waals surface area contributed by atoms with Gasteiger partial charge in [-0.25, -0.2) is 4.98 Å². The van der Waals surface area contributed by atoms with Crippen LogP contribution in [-0.4, -0.2) is 4.98 Å². The molecule has 1 aliphatic rings. The first-order valence-electron chi connectivity index (χ1n) is 7.64. The molecule has 0 spiro atoms. The first-order valence-corrected chi connectivity index (χ1v) is 7.64. The summed E-state index contributed by atoms with van der Waals surface area (Å²) >= 11 is 0. The molecule has 0 atom stereocenters. The molecular weight excluding hydrogens is 282 g/mol. The molecule has 3 rings (SSSR count). The van der Waals surface area contributed by atoms with Gasteiger partial charge in [0.2, 0.25) is 0 Å². The molecule has 3 heteroatoms. The summed E-state index contributed by atoms with van der Waals surface area (Å²) in [5.41, 5.74) is 7.97. The number of fused-ring (bicyclic) bond motifs is 1. The van der Waals surface area contributed by atoms with Crippen molar-refractivity contribution in [2.45, 2.75) is 27.2 Å². The Morgan fingerprint density at radius 3 is 2.65 bits per heavy atom. The molecule has 0 aliphatic heterocycles. The van der Waals surface area contributed by atoms with Crippen LogP contribution in [0, 0.1) is 32.1 Å². The molecule has 1 aromatic heterocycles. The number of hydrogen-bond donors (Lipinski definition) is 1. The summed E-state index contributed by atoms with van der Waals surface area (Å²) in [6.45, 7) is 9.98. The Morgan fingerprint density at radius 1 is 1.22 bits per heavy atom. The lowest BCUT2D eigenvalue weighted by Gasteiger charge is -2.15. The number of rotatable bonds is 3. The standard InChI is InChI=1S/C20H19N3/c1-12-13(2)20(23-15(4)19(12)11-21)22-14(3)18-9-16-7-5-6-8-17(16)10-18/h5-9H,3,10H2,1-2,4H3,(H,22,23). The van der Waals surface area contributed by atoms with Crippen molar-refractivity contribution in [1.29, 1.82) is 5.26 Å². The van der Waals surface area contributed by atoms with Crippen LogP contribution in [0.25, 0.3) is 6.08 Å². The van der Waals surface area contributed by atoms with E-state index in [1.807, 2.05) is 26.8 Å². The topological polar surface area (TPSA) is 48.7 Å². The molecule has 1 aliphatic carbocycles. The van der Waals surface area contributed by atoms with Gasteiger partial charge in [0.05, 0.1) is 11.3 Å². The van der Waals surface area contributed by atoms with Crippen LogP contribution in [0.1, 0.15) is 33.5 Å². The van der Waals surface area contributed by atoms with Crippen molar-refractivity contribution in [2.75, 3.05) is 5.32 Å². The number of allylic oxidation sites excluding steroid dienone is 1. The number of nitriles is 1. The van der Waals surface area contributed by atoms with E-state index in [2.05, 4.69) is 47.2 Å². The lowest BCUT2D eigenvalue weighted by molar-refractivity contribution is 1.10. The third-order valence-electron chi connectivity index (χ3n) is 4.47. The second-order valence-electron chi connectivity index (χ2n) is 5.93. The van der Waals surface area contributed by atoms with Gasteiger partial charge < -0.3 is 5.32 Å². The van der Waals surface area contributed by atoms with E-state index in [0.717, 1.165) is 34.8 Å². The van der Waals surface area contributed by atoms with Gasteiger partial charge in [-0.1, -0.05) is 30.8 Å². The summed E-state index contributed by atoms with van der Waals surface area (Å²) in [5, 5.41) is 12.6. The van der Waals surface area contributed by atoms with Crippen LogP contribution in [0.2, 0.25) is 0 Å². The monoisotopic (exact) mass is 301 g/mol. The predicted molar refractivity (Wildman–Crippen MR) is 94.0 cm³/mol. The van der Waals surface area contributed by atoms with Crippen molar-refractivity contribution in [3.05, 3.63) is 75.6 Å². The van der Waals surface area contributed by atoms with E-state index in [-0.39, 0.29) is 0 Å². The molecule has 1 aromatic carbocycles. The lowest BCUT2D eigenvalue weighted by atomic mass is 10.0. The maximum absolute atomic E-state index is 9.23. The van der Waals surface area contributed by atoms with Crippen LogP contribution in [0.3, 0.4) is 0 Å². The van der Waals surface area contributed by atoms with Crippen molar-refractivity contribution in [2.24, 2.45) is 0 Å². The number of aromatic nitrogens is 1. The number of benzene rings is 1. The van der Waals surface area contributed by atoms with Crippen molar-refractivity contribution >= 4 is 11.9 Å². The van der Waals surface area contributed by atoms with Crippen molar-refractivity contribution in [1.82, 2.24) is 4.98 Å². The number of aryl methyl sites for hydroxylation is 1. The predicted octanol–water partition coefficient (Wildman–Crippen LogP) is 4.44. The zero-order chi connectivity index (χ0) is 16.6. The fourth-order valence-corrected chi connectivity index (χ4v) is 2.93. The molecule has 114 valence electrons. The van der Waals surface area contributed by atoms with Crippen LogP contribution in [0.15, 0.2) is 42.1 Å². The maximum atomic E-state index is 9.23. The molecule has 0 saturated carbocycles. The molecule has 0 bridgehead atoms. The SMILES string of the molecule is C=C(Nc1nc(C)c(C#N)c(C)c1C)C1=Cc2ccccc2C1. The van der Waals surface area contributed by atoms with E-state index in [4.69, 9.17) is 0 Å². The Hall–Kier alpha value is -2.86. The van der Waals surface area contributed by atoms with Gasteiger partial charge in [-0.2, -0.15) is 5.26 Å². The molecule has 2 aromatic rings. The fraction of sp³-hybridized carbons (Fsp3) is 0.200. The normalized spacial score (nSPS) is 12.3. The Balaban J connectivity index is 1.87. The van der Waals surface area contributed by atoms with Gasteiger partial charge >= 0.3 is 0 Å². The highest BCUT2D eigenvalue weighted by Gasteiger charge is 2.17. The van der Waals surface area contributed by atoms with Gasteiger partial charge in [-0.05, 0) is 54.7 Å². The molecular formula is C20H19N3. The highest BCUT2D eigenvalue weighted by molar-refractivity contribution is 5.70. The Morgan fingerprint density at radius 2 is 1.96 bits per heavy atom. The van der Waals surface area contributed by atoms with E-state index < -0.39 is 0 Å². The van der Waals surface area contributed by atoms with Crippen molar-refractivity contribution in [3.8, 4) is 6.07 Å². The second kappa shape index (κ2) is 5.73. The number of anilines is 1. The van der Waals surface area contributed by atoms with Gasteiger partial charge in [0.25, 0.3) is 0 Å². The summed E-state index contributed by atoms with van der Waals surface area (Å²) in [6.07, 6.45) is 3.05. The van der Waals surface area contributed by atoms with E-state index in [1.165, 1.54) is 16.7 Å². The summed E-state index contributed by atoms with van der Waals surface area (Å²) < 4.78 is 0. The highest BCUT2D eigenvalue weighted by Crippen LogP contribution is 2.30. The van der Waals surface area contributed by atoms with Crippen LogP contribution in [-0.2, 0) is 6.42 Å². The first-order chi connectivity index (χ1) is 11.0. The second-order valence-corrected chi connectivity index (χ2v) is 5.93. The number of hydrogen-bond acceptors (Lipinski definition) is 3. The summed E-state index contributed by atoms with van der Waals surface area (Å²) in [5.74, 6) is 0.779. The zero-order valence-corrected chi connectivity index (χ0v) is 13.7. The van der Waals surface area contributed by atoms with Crippen LogP contribution < -0.4 is 5.32 Å². The quantitative estimate of drug-likeness (QED) is 0.911. The molecule has 1 heterocycles. The number of nitrogens with one attached hydrogen (secondary N) is 1. The minimum Gasteiger partial charge on any atom is -0.340 e. The average Bonchev–Trinajstić information content (AvgIpc) is 2.97. The summed E-state index contributed by atoms with van der Waals surface area (Å²) in [6, 6.07) is 10.6. The zero-order valence-electron chi connectivity index (χ0n) is 13.7. The van der Waals surface area contributed by atoms with E-state index in [9.17, 15) is 5.26 Å². The molecule has 3 nitrogen and oxygen atoms in total. The molecule has 0 radical (unpaired) electrons. The molecule has 0 unspecified atom stereocenters. The largest absolute Gasteiger partial charge is 0.340 e. The summed E-state index contributed by atoms with van der Waals surface area (Å²) in [4.78, 5) is 4.54. The minimum atomic E-state index is 0.658.